The van der Waals surface area contributed by atoms with Gasteiger partial charge in [0, 0.05) is 11.1 Å². The number of hydrogen-bond acceptors (Lipinski definition) is 6. The molecular weight excluding hydrogens is 294 g/mol. The monoisotopic (exact) mass is 303 g/mol. The summed E-state index contributed by atoms with van der Waals surface area (Å²) in [5.74, 6) is -0.463. The van der Waals surface area contributed by atoms with Crippen LogP contribution in [0.1, 0.15) is 0 Å². The van der Waals surface area contributed by atoms with Gasteiger partial charge in [0.05, 0.1) is 12.8 Å². The molecule has 0 spiro atoms. The Balaban J connectivity index is 2.14. The van der Waals surface area contributed by atoms with E-state index in [2.05, 4.69) is 25.5 Å². The van der Waals surface area contributed by atoms with E-state index in [9.17, 15) is 4.79 Å². The van der Waals surface area contributed by atoms with Gasteiger partial charge in [-0.3, -0.25) is 10.5 Å². The van der Waals surface area contributed by atoms with E-state index >= 15 is 0 Å². The Morgan fingerprint density at radius 3 is 2.81 bits per heavy atom. The molecule has 21 heavy (non-hydrogen) atoms. The number of aromatic amines is 1. The molecule has 0 bridgehead atoms. The Labute approximate surface area is 125 Å². The summed E-state index contributed by atoms with van der Waals surface area (Å²) in [4.78, 5) is 11.2. The van der Waals surface area contributed by atoms with Crippen LogP contribution >= 0.6 is 11.6 Å². The summed E-state index contributed by atoms with van der Waals surface area (Å²) in [6.45, 7) is 0. The molecule has 0 atom stereocenters. The molecule has 1 aromatic heterocycles. The number of ether oxygens (including phenoxy) is 1. The maximum absolute atomic E-state index is 11.2. The van der Waals surface area contributed by atoms with Crippen molar-refractivity contribution < 1.29 is 9.53 Å². The predicted molar refractivity (Wildman–Crippen MR) is 77.7 cm³/mol. The highest BCUT2D eigenvalue weighted by atomic mass is 35.5. The average Bonchev–Trinajstić information content (AvgIpc) is 2.97. The molecule has 0 saturated carbocycles. The Morgan fingerprint density at radius 2 is 2.19 bits per heavy atom. The fraction of sp³-hybridized carbons (Fsp3) is 0.0769. The van der Waals surface area contributed by atoms with Gasteiger partial charge in [-0.25, -0.2) is 4.79 Å². The molecule has 0 fully saturated rings. The van der Waals surface area contributed by atoms with Crippen molar-refractivity contribution in [3.05, 3.63) is 35.4 Å². The third-order valence-electron chi connectivity index (χ3n) is 2.50. The summed E-state index contributed by atoms with van der Waals surface area (Å²) >= 11 is 5.82. The molecule has 0 aliphatic carbocycles. The fourth-order valence-electron chi connectivity index (χ4n) is 1.48. The first kappa shape index (κ1) is 14.6. The van der Waals surface area contributed by atoms with Gasteiger partial charge in [-0.2, -0.15) is 15.5 Å². The van der Waals surface area contributed by atoms with E-state index in [1.54, 1.807) is 24.3 Å². The van der Waals surface area contributed by atoms with Crippen LogP contribution in [0.25, 0.3) is 11.3 Å². The molecule has 1 aromatic carbocycles. The second kappa shape index (κ2) is 6.54. The molecule has 0 amide bonds. The van der Waals surface area contributed by atoms with Crippen molar-refractivity contribution in [1.29, 1.82) is 5.26 Å². The lowest BCUT2D eigenvalue weighted by Gasteiger charge is -1.97. The van der Waals surface area contributed by atoms with Gasteiger partial charge in [-0.15, -0.1) is 0 Å². The summed E-state index contributed by atoms with van der Waals surface area (Å²) in [5, 5.41) is 19.8. The van der Waals surface area contributed by atoms with Crippen molar-refractivity contribution in [2.24, 2.45) is 5.10 Å². The lowest BCUT2D eigenvalue weighted by atomic mass is 10.1. The number of hydrogen-bond donors (Lipinski definition) is 2. The summed E-state index contributed by atoms with van der Waals surface area (Å²) in [7, 11) is 1.17. The van der Waals surface area contributed by atoms with Crippen LogP contribution in [0.4, 0.5) is 5.82 Å². The number of nitriles is 1. The zero-order chi connectivity index (χ0) is 15.2. The van der Waals surface area contributed by atoms with E-state index in [1.165, 1.54) is 7.11 Å². The fourth-order valence-corrected chi connectivity index (χ4v) is 1.61. The number of rotatable bonds is 4. The molecule has 1 heterocycles. The normalized spacial score (nSPS) is 10.8. The maximum Gasteiger partial charge on any atom is 0.369 e. The standard InChI is InChI=1S/C13H10ClN5O2/c1-21-13(20)11(7-15)17-19-12-6-10(16-18-12)8-2-4-9(14)5-3-8/h2-6H,1H3,(H2,16,18,19)/b17-11+. The molecule has 8 heteroatoms. The van der Waals surface area contributed by atoms with Gasteiger partial charge < -0.3 is 4.74 Å². The number of nitrogens with zero attached hydrogens (tertiary/aromatic N) is 3. The highest BCUT2D eigenvalue weighted by molar-refractivity contribution is 6.43. The van der Waals surface area contributed by atoms with Crippen LogP contribution < -0.4 is 5.43 Å². The van der Waals surface area contributed by atoms with E-state index in [1.807, 2.05) is 12.1 Å². The molecule has 2 aromatic rings. The molecule has 0 radical (unpaired) electrons. The van der Waals surface area contributed by atoms with Crippen molar-refractivity contribution in [3.8, 4) is 17.3 Å². The van der Waals surface area contributed by atoms with Crippen molar-refractivity contribution in [2.45, 2.75) is 0 Å². The van der Waals surface area contributed by atoms with Crippen LogP contribution in [-0.4, -0.2) is 29.0 Å². The Bertz CT molecular complexity index is 715. The molecule has 0 aliphatic rings. The minimum Gasteiger partial charge on any atom is -0.464 e. The number of anilines is 1. The number of benzene rings is 1. The first-order valence-corrected chi connectivity index (χ1v) is 6.15. The third kappa shape index (κ3) is 3.58. The first-order valence-electron chi connectivity index (χ1n) is 5.77. The Kier molecular flexibility index (Phi) is 4.53. The van der Waals surface area contributed by atoms with E-state index in [0.717, 1.165) is 11.3 Å². The number of hydrazone groups is 1. The van der Waals surface area contributed by atoms with Gasteiger partial charge in [0.2, 0.25) is 5.71 Å². The Morgan fingerprint density at radius 1 is 1.48 bits per heavy atom. The molecular formula is C13H10ClN5O2. The molecule has 106 valence electrons. The number of H-pyrrole nitrogens is 1. The van der Waals surface area contributed by atoms with E-state index in [0.29, 0.717) is 10.8 Å². The molecule has 2 N–H and O–H groups in total. The molecule has 0 aliphatic heterocycles. The number of halogens is 1. The molecule has 7 nitrogen and oxygen atoms in total. The number of nitrogens with one attached hydrogen (secondary N) is 2. The van der Waals surface area contributed by atoms with Gasteiger partial charge >= 0.3 is 5.97 Å². The number of esters is 1. The topological polar surface area (TPSA) is 103 Å². The summed E-state index contributed by atoms with van der Waals surface area (Å²) in [5.41, 5.74) is 3.74. The van der Waals surface area contributed by atoms with Gasteiger partial charge in [-0.05, 0) is 17.7 Å². The first-order chi connectivity index (χ1) is 10.1. The number of aromatic nitrogens is 2. The van der Waals surface area contributed by atoms with Crippen LogP contribution in [0.2, 0.25) is 5.02 Å². The van der Waals surface area contributed by atoms with Crippen molar-refractivity contribution >= 4 is 29.1 Å². The summed E-state index contributed by atoms with van der Waals surface area (Å²) in [6.07, 6.45) is 0. The van der Waals surface area contributed by atoms with E-state index < -0.39 is 11.7 Å². The molecule has 2 rings (SSSR count). The number of methoxy groups -OCH3 is 1. The number of carbonyl (C=O) groups is 1. The quantitative estimate of drug-likeness (QED) is 0.512. The third-order valence-corrected chi connectivity index (χ3v) is 2.75. The Hall–Kier alpha value is -2.85. The summed E-state index contributed by atoms with van der Waals surface area (Å²) in [6, 6.07) is 10.5. The SMILES string of the molecule is COC(=O)/C(C#N)=N/Nc1cc(-c2ccc(Cl)cc2)[nH]n1. The maximum atomic E-state index is 11.2. The minimum atomic E-state index is -0.821. The van der Waals surface area contributed by atoms with Gasteiger partial charge in [0.1, 0.15) is 6.07 Å². The minimum absolute atomic E-state index is 0.358. The van der Waals surface area contributed by atoms with Gasteiger partial charge in [0.25, 0.3) is 0 Å². The van der Waals surface area contributed by atoms with Crippen LogP contribution in [0.15, 0.2) is 35.4 Å². The van der Waals surface area contributed by atoms with Crippen LogP contribution in [0, 0.1) is 11.3 Å². The number of carbonyl (C=O) groups excluding carboxylic acids is 1. The second-order valence-corrected chi connectivity index (χ2v) is 4.29. The van der Waals surface area contributed by atoms with Crippen molar-refractivity contribution in [3.63, 3.8) is 0 Å². The van der Waals surface area contributed by atoms with Gasteiger partial charge in [-0.1, -0.05) is 23.7 Å². The highest BCUT2D eigenvalue weighted by Gasteiger charge is 2.11. The lowest BCUT2D eigenvalue weighted by molar-refractivity contribution is -0.132. The molecule has 0 unspecified atom stereocenters. The largest absolute Gasteiger partial charge is 0.464 e. The zero-order valence-electron chi connectivity index (χ0n) is 10.9. The van der Waals surface area contributed by atoms with Gasteiger partial charge in [0.15, 0.2) is 5.82 Å². The van der Waals surface area contributed by atoms with Crippen molar-refractivity contribution in [1.82, 2.24) is 10.2 Å². The smallest absolute Gasteiger partial charge is 0.369 e. The highest BCUT2D eigenvalue weighted by Crippen LogP contribution is 2.21. The zero-order valence-corrected chi connectivity index (χ0v) is 11.7. The average molecular weight is 304 g/mol. The van der Waals surface area contributed by atoms with E-state index in [4.69, 9.17) is 16.9 Å². The lowest BCUT2D eigenvalue weighted by Crippen LogP contribution is -2.15. The summed E-state index contributed by atoms with van der Waals surface area (Å²) < 4.78 is 4.40. The molecule has 0 saturated heterocycles. The van der Waals surface area contributed by atoms with Crippen LogP contribution in [0.5, 0.6) is 0 Å². The van der Waals surface area contributed by atoms with Crippen molar-refractivity contribution in [2.75, 3.05) is 12.5 Å². The van der Waals surface area contributed by atoms with Crippen LogP contribution in [-0.2, 0) is 9.53 Å². The predicted octanol–water partition coefficient (Wildman–Crippen LogP) is 2.19. The van der Waals surface area contributed by atoms with Crippen LogP contribution in [0.3, 0.4) is 0 Å². The second-order valence-electron chi connectivity index (χ2n) is 3.85. The van der Waals surface area contributed by atoms with E-state index in [-0.39, 0.29) is 0 Å².